The lowest BCUT2D eigenvalue weighted by Crippen LogP contribution is -2.50. The van der Waals surface area contributed by atoms with Gasteiger partial charge in [0.15, 0.2) is 0 Å². The summed E-state index contributed by atoms with van der Waals surface area (Å²) in [7, 11) is 5.39. The highest BCUT2D eigenvalue weighted by Crippen LogP contribution is 2.24. The minimum Gasteiger partial charge on any atom is -0.381 e. The lowest BCUT2D eigenvalue weighted by Gasteiger charge is -2.39. The SMILES string of the molecule is CO[C@@H]1CCN(C(=O)N(C)C)C[C@@H]1Cc1cccc(C)c1. The Bertz CT molecular complexity index is 487. The van der Waals surface area contributed by atoms with Crippen molar-refractivity contribution in [3.8, 4) is 0 Å². The molecule has 2 rings (SSSR count). The Morgan fingerprint density at radius 1 is 1.43 bits per heavy atom. The van der Waals surface area contributed by atoms with Crippen molar-refractivity contribution >= 4 is 6.03 Å². The molecule has 4 nitrogen and oxygen atoms in total. The quantitative estimate of drug-likeness (QED) is 0.857. The summed E-state index contributed by atoms with van der Waals surface area (Å²) >= 11 is 0. The highest BCUT2D eigenvalue weighted by Gasteiger charge is 2.32. The molecule has 0 unspecified atom stereocenters. The number of methoxy groups -OCH3 is 1. The van der Waals surface area contributed by atoms with Gasteiger partial charge in [0.2, 0.25) is 0 Å². The highest BCUT2D eigenvalue weighted by atomic mass is 16.5. The smallest absolute Gasteiger partial charge is 0.319 e. The summed E-state index contributed by atoms with van der Waals surface area (Å²) in [6, 6.07) is 8.68. The van der Waals surface area contributed by atoms with Gasteiger partial charge in [0, 0.05) is 40.2 Å². The molecule has 2 amide bonds. The first-order chi connectivity index (χ1) is 10.0. The van der Waals surface area contributed by atoms with Gasteiger partial charge in [-0.1, -0.05) is 29.8 Å². The third kappa shape index (κ3) is 3.97. The summed E-state index contributed by atoms with van der Waals surface area (Å²) in [5, 5.41) is 0. The molecule has 116 valence electrons. The number of nitrogens with zero attached hydrogens (tertiary/aromatic N) is 2. The van der Waals surface area contributed by atoms with Crippen LogP contribution in [0.5, 0.6) is 0 Å². The van der Waals surface area contributed by atoms with E-state index >= 15 is 0 Å². The molecule has 1 heterocycles. The fourth-order valence-corrected chi connectivity index (χ4v) is 3.12. The largest absolute Gasteiger partial charge is 0.381 e. The fourth-order valence-electron chi connectivity index (χ4n) is 3.12. The molecule has 21 heavy (non-hydrogen) atoms. The third-order valence-corrected chi connectivity index (χ3v) is 4.20. The van der Waals surface area contributed by atoms with Crippen LogP contribution in [0.25, 0.3) is 0 Å². The number of likely N-dealkylation sites (tertiary alicyclic amines) is 1. The zero-order chi connectivity index (χ0) is 15.4. The summed E-state index contributed by atoms with van der Waals surface area (Å²) in [6.45, 7) is 3.66. The second-order valence-corrected chi connectivity index (χ2v) is 6.14. The molecule has 0 N–H and O–H groups in total. The van der Waals surface area contributed by atoms with Gasteiger partial charge in [0.1, 0.15) is 0 Å². The molecule has 0 aromatic heterocycles. The average Bonchev–Trinajstić information content (AvgIpc) is 2.46. The van der Waals surface area contributed by atoms with Crippen LogP contribution in [0.1, 0.15) is 17.5 Å². The van der Waals surface area contributed by atoms with E-state index in [1.165, 1.54) is 11.1 Å². The molecule has 1 fully saturated rings. The van der Waals surface area contributed by atoms with E-state index in [1.54, 1.807) is 26.1 Å². The van der Waals surface area contributed by atoms with Crippen LogP contribution < -0.4 is 0 Å². The zero-order valence-electron chi connectivity index (χ0n) is 13.5. The van der Waals surface area contributed by atoms with Crippen LogP contribution in [0.4, 0.5) is 4.79 Å². The van der Waals surface area contributed by atoms with Crippen LogP contribution >= 0.6 is 0 Å². The summed E-state index contributed by atoms with van der Waals surface area (Å²) in [5.41, 5.74) is 2.60. The van der Waals surface area contributed by atoms with E-state index in [9.17, 15) is 4.79 Å². The maximum Gasteiger partial charge on any atom is 0.319 e. The van der Waals surface area contributed by atoms with E-state index in [1.807, 2.05) is 4.90 Å². The van der Waals surface area contributed by atoms with Crippen LogP contribution in [0.3, 0.4) is 0 Å². The highest BCUT2D eigenvalue weighted by molar-refractivity contribution is 5.73. The lowest BCUT2D eigenvalue weighted by molar-refractivity contribution is 0.00135. The van der Waals surface area contributed by atoms with E-state index in [0.717, 1.165) is 25.9 Å². The second-order valence-electron chi connectivity index (χ2n) is 6.14. The predicted molar refractivity (Wildman–Crippen MR) is 84.4 cm³/mol. The van der Waals surface area contributed by atoms with Crippen molar-refractivity contribution in [1.29, 1.82) is 0 Å². The summed E-state index contributed by atoms with van der Waals surface area (Å²) in [4.78, 5) is 15.7. The number of aryl methyl sites for hydroxylation is 1. The van der Waals surface area contributed by atoms with E-state index in [4.69, 9.17) is 4.74 Å². The summed E-state index contributed by atoms with van der Waals surface area (Å²) < 4.78 is 5.64. The number of amides is 2. The van der Waals surface area contributed by atoms with Gasteiger partial charge < -0.3 is 14.5 Å². The Balaban J connectivity index is 2.08. The van der Waals surface area contributed by atoms with Crippen molar-refractivity contribution in [3.05, 3.63) is 35.4 Å². The van der Waals surface area contributed by atoms with Crippen molar-refractivity contribution in [1.82, 2.24) is 9.80 Å². The van der Waals surface area contributed by atoms with Gasteiger partial charge >= 0.3 is 6.03 Å². The molecule has 0 aliphatic carbocycles. The molecular weight excluding hydrogens is 264 g/mol. The molecule has 1 aliphatic rings. The Labute approximate surface area is 127 Å². The molecule has 1 aromatic carbocycles. The molecule has 0 saturated carbocycles. The van der Waals surface area contributed by atoms with E-state index in [0.29, 0.717) is 5.92 Å². The van der Waals surface area contributed by atoms with Gasteiger partial charge in [-0.25, -0.2) is 4.79 Å². The maximum absolute atomic E-state index is 12.2. The molecule has 0 radical (unpaired) electrons. The minimum absolute atomic E-state index is 0.0961. The number of urea groups is 1. The summed E-state index contributed by atoms with van der Waals surface area (Å²) in [5.74, 6) is 0.356. The van der Waals surface area contributed by atoms with Crippen molar-refractivity contribution in [2.24, 2.45) is 5.92 Å². The molecule has 0 bridgehead atoms. The number of hydrogen-bond donors (Lipinski definition) is 0. The third-order valence-electron chi connectivity index (χ3n) is 4.20. The number of benzene rings is 1. The van der Waals surface area contributed by atoms with Crippen molar-refractivity contribution in [3.63, 3.8) is 0 Å². The Morgan fingerprint density at radius 2 is 2.19 bits per heavy atom. The van der Waals surface area contributed by atoms with Gasteiger partial charge in [0.05, 0.1) is 6.10 Å². The molecule has 2 atom stereocenters. The van der Waals surface area contributed by atoms with Crippen LogP contribution in [-0.2, 0) is 11.2 Å². The number of carbonyl (C=O) groups is 1. The molecule has 0 spiro atoms. The van der Waals surface area contributed by atoms with Gasteiger partial charge in [-0.15, -0.1) is 0 Å². The Hall–Kier alpha value is -1.55. The topological polar surface area (TPSA) is 32.8 Å². The standard InChI is InChI=1S/C17H26N2O2/c1-13-6-5-7-14(10-13)11-15-12-19(17(20)18(2)3)9-8-16(15)21-4/h5-7,10,15-16H,8-9,11-12H2,1-4H3/t15-,16+/m0/s1. The molecule has 4 heteroatoms. The van der Waals surface area contributed by atoms with Gasteiger partial charge in [-0.2, -0.15) is 0 Å². The first-order valence-electron chi connectivity index (χ1n) is 7.56. The molecule has 1 aliphatic heterocycles. The maximum atomic E-state index is 12.2. The minimum atomic E-state index is 0.0961. The first kappa shape index (κ1) is 15.8. The molecular formula is C17H26N2O2. The van der Waals surface area contributed by atoms with Crippen molar-refractivity contribution in [2.75, 3.05) is 34.3 Å². The normalized spacial score (nSPS) is 22.2. The van der Waals surface area contributed by atoms with Crippen LogP contribution in [0.2, 0.25) is 0 Å². The Morgan fingerprint density at radius 3 is 2.81 bits per heavy atom. The number of rotatable bonds is 3. The van der Waals surface area contributed by atoms with E-state index < -0.39 is 0 Å². The first-order valence-corrected chi connectivity index (χ1v) is 7.56. The molecule has 1 saturated heterocycles. The second kappa shape index (κ2) is 6.94. The number of ether oxygens (including phenoxy) is 1. The van der Waals surface area contributed by atoms with Gasteiger partial charge in [0.25, 0.3) is 0 Å². The lowest BCUT2D eigenvalue weighted by atomic mass is 9.88. The van der Waals surface area contributed by atoms with Crippen LogP contribution in [0, 0.1) is 12.8 Å². The van der Waals surface area contributed by atoms with E-state index in [-0.39, 0.29) is 12.1 Å². The summed E-state index contributed by atoms with van der Waals surface area (Å²) in [6.07, 6.45) is 2.10. The van der Waals surface area contributed by atoms with E-state index in [2.05, 4.69) is 31.2 Å². The fraction of sp³-hybridized carbons (Fsp3) is 0.588. The van der Waals surface area contributed by atoms with Crippen molar-refractivity contribution < 1.29 is 9.53 Å². The number of carbonyl (C=O) groups excluding carboxylic acids is 1. The van der Waals surface area contributed by atoms with Crippen molar-refractivity contribution in [2.45, 2.75) is 25.9 Å². The number of hydrogen-bond acceptors (Lipinski definition) is 2. The van der Waals surface area contributed by atoms with Crippen LogP contribution in [-0.4, -0.2) is 56.2 Å². The van der Waals surface area contributed by atoms with Gasteiger partial charge in [-0.05, 0) is 25.3 Å². The Kier molecular flexibility index (Phi) is 5.23. The number of piperidine rings is 1. The monoisotopic (exact) mass is 290 g/mol. The zero-order valence-corrected chi connectivity index (χ0v) is 13.5. The van der Waals surface area contributed by atoms with Crippen LogP contribution in [0.15, 0.2) is 24.3 Å². The predicted octanol–water partition coefficient (Wildman–Crippen LogP) is 2.56. The average molecular weight is 290 g/mol. The van der Waals surface area contributed by atoms with Gasteiger partial charge in [-0.3, -0.25) is 0 Å². The molecule has 1 aromatic rings.